The van der Waals surface area contributed by atoms with Crippen molar-refractivity contribution in [1.82, 2.24) is 9.62 Å². The van der Waals surface area contributed by atoms with Gasteiger partial charge in [-0.2, -0.15) is 16.5 Å². The second kappa shape index (κ2) is 10.2. The molecule has 1 N–H and O–H groups in total. The van der Waals surface area contributed by atoms with Crippen molar-refractivity contribution < 1.29 is 17.6 Å². The second-order valence-corrected chi connectivity index (χ2v) is 9.27. The average molecular weight is 445 g/mol. The van der Waals surface area contributed by atoms with Crippen LogP contribution in [0.5, 0.6) is 0 Å². The molecule has 0 fully saturated rings. The van der Waals surface area contributed by atoms with Crippen molar-refractivity contribution in [3.05, 3.63) is 64.9 Å². The molecular weight excluding hydrogens is 423 g/mol. The van der Waals surface area contributed by atoms with Gasteiger partial charge < -0.3 is 4.90 Å². The van der Waals surface area contributed by atoms with Crippen molar-refractivity contribution >= 4 is 39.3 Å². The molecule has 0 spiro atoms. The summed E-state index contributed by atoms with van der Waals surface area (Å²) in [6.45, 7) is -0.0623. The van der Waals surface area contributed by atoms with E-state index in [1.54, 1.807) is 24.3 Å². The number of halogens is 2. The molecule has 1 unspecified atom stereocenters. The van der Waals surface area contributed by atoms with Crippen molar-refractivity contribution in [2.24, 2.45) is 0 Å². The van der Waals surface area contributed by atoms with Crippen LogP contribution in [-0.2, 0) is 21.4 Å². The number of nitrogens with zero attached hydrogens (tertiary/aromatic N) is 1. The first kappa shape index (κ1) is 22.7. The number of likely N-dealkylation sites (N-methyl/N-ethyl adjacent to an activating group) is 1. The maximum absolute atomic E-state index is 14.0. The molecule has 2 rings (SSSR count). The molecule has 1 amide bonds. The third kappa shape index (κ3) is 5.94. The number of hydrogen-bond donors (Lipinski definition) is 1. The van der Waals surface area contributed by atoms with Gasteiger partial charge >= 0.3 is 0 Å². The molecule has 0 aromatic heterocycles. The van der Waals surface area contributed by atoms with E-state index in [-0.39, 0.29) is 22.0 Å². The molecular formula is C19H22ClFN2O3S2. The van der Waals surface area contributed by atoms with Gasteiger partial charge in [0.1, 0.15) is 11.9 Å². The highest BCUT2D eigenvalue weighted by molar-refractivity contribution is 7.98. The lowest BCUT2D eigenvalue weighted by Gasteiger charge is -2.25. The van der Waals surface area contributed by atoms with Crippen LogP contribution in [0.25, 0.3) is 0 Å². The lowest BCUT2D eigenvalue weighted by molar-refractivity contribution is -0.132. The molecule has 0 radical (unpaired) electrons. The Hall–Kier alpha value is -1.61. The largest absolute Gasteiger partial charge is 0.340 e. The summed E-state index contributed by atoms with van der Waals surface area (Å²) in [5, 5.41) is 0.213. The molecule has 0 heterocycles. The number of rotatable bonds is 9. The molecule has 0 saturated heterocycles. The molecule has 152 valence electrons. The maximum Gasteiger partial charge on any atom is 0.241 e. The van der Waals surface area contributed by atoms with Gasteiger partial charge in [-0.1, -0.05) is 35.9 Å². The van der Waals surface area contributed by atoms with Crippen molar-refractivity contribution in [2.75, 3.05) is 19.1 Å². The molecule has 28 heavy (non-hydrogen) atoms. The van der Waals surface area contributed by atoms with E-state index in [1.807, 2.05) is 6.26 Å². The summed E-state index contributed by atoms with van der Waals surface area (Å²) in [7, 11) is -2.37. The Morgan fingerprint density at radius 2 is 1.89 bits per heavy atom. The fraction of sp³-hybridized carbons (Fsp3) is 0.316. The molecule has 0 aliphatic rings. The molecule has 1 atom stereocenters. The zero-order chi connectivity index (χ0) is 20.7. The average Bonchev–Trinajstić information content (AvgIpc) is 2.68. The third-order valence-electron chi connectivity index (χ3n) is 4.09. The Morgan fingerprint density at radius 3 is 2.50 bits per heavy atom. The normalized spacial score (nSPS) is 12.6. The number of benzene rings is 2. The molecule has 0 aliphatic heterocycles. The molecule has 2 aromatic carbocycles. The quantitative estimate of drug-likeness (QED) is 0.642. The highest BCUT2D eigenvalue weighted by atomic mass is 35.5. The lowest BCUT2D eigenvalue weighted by Crippen LogP contribution is -2.47. The summed E-state index contributed by atoms with van der Waals surface area (Å²) in [5.74, 6) is -0.382. The SMILES string of the molecule is CSCCC(NS(=O)(=O)c1ccccc1)C(=O)N(C)Cc1c(F)cccc1Cl. The number of thioether (sulfide) groups is 1. The summed E-state index contributed by atoms with van der Waals surface area (Å²) < 4.78 is 41.8. The standard InChI is InChI=1S/C19H22ClFN2O3S2/c1-23(13-15-16(20)9-6-10-17(15)21)19(24)18(11-12-27-2)22-28(25,26)14-7-4-3-5-8-14/h3-10,18,22H,11-13H2,1-2H3. The fourth-order valence-corrected chi connectivity index (χ4v) is 4.53. The minimum atomic E-state index is -3.86. The van der Waals surface area contributed by atoms with Gasteiger partial charge in [0.25, 0.3) is 0 Å². The highest BCUT2D eigenvalue weighted by Crippen LogP contribution is 2.21. The molecule has 9 heteroatoms. The number of nitrogens with one attached hydrogen (secondary N) is 1. The van der Waals surface area contributed by atoms with E-state index in [2.05, 4.69) is 4.72 Å². The number of amides is 1. The van der Waals surface area contributed by atoms with Crippen LogP contribution in [0.4, 0.5) is 4.39 Å². The van der Waals surface area contributed by atoms with E-state index in [0.717, 1.165) is 0 Å². The summed E-state index contributed by atoms with van der Waals surface area (Å²) in [6, 6.07) is 11.2. The smallest absolute Gasteiger partial charge is 0.241 e. The van der Waals surface area contributed by atoms with Crippen LogP contribution in [-0.4, -0.2) is 44.3 Å². The van der Waals surface area contributed by atoms with Gasteiger partial charge in [0, 0.05) is 24.2 Å². The minimum Gasteiger partial charge on any atom is -0.340 e. The van der Waals surface area contributed by atoms with Crippen LogP contribution in [0.1, 0.15) is 12.0 Å². The predicted molar refractivity (Wildman–Crippen MR) is 111 cm³/mol. The van der Waals surface area contributed by atoms with Crippen LogP contribution in [0.3, 0.4) is 0 Å². The number of carbonyl (C=O) groups excluding carboxylic acids is 1. The Bertz CT molecular complexity index is 890. The highest BCUT2D eigenvalue weighted by Gasteiger charge is 2.28. The number of carbonyl (C=O) groups is 1. The van der Waals surface area contributed by atoms with Gasteiger partial charge in [0.15, 0.2) is 0 Å². The molecule has 0 bridgehead atoms. The Labute approximate surface area is 174 Å². The molecule has 2 aromatic rings. The topological polar surface area (TPSA) is 66.5 Å². The third-order valence-corrected chi connectivity index (χ3v) is 6.58. The van der Waals surface area contributed by atoms with Crippen LogP contribution in [0, 0.1) is 5.82 Å². The minimum absolute atomic E-state index is 0.0623. The van der Waals surface area contributed by atoms with Crippen LogP contribution < -0.4 is 4.72 Å². The summed E-state index contributed by atoms with van der Waals surface area (Å²) in [4.78, 5) is 14.3. The first-order chi connectivity index (χ1) is 13.3. The number of hydrogen-bond acceptors (Lipinski definition) is 4. The Morgan fingerprint density at radius 1 is 1.21 bits per heavy atom. The van der Waals surface area contributed by atoms with E-state index in [4.69, 9.17) is 11.6 Å². The molecule has 0 saturated carbocycles. The first-order valence-corrected chi connectivity index (χ1v) is 11.8. The van der Waals surface area contributed by atoms with E-state index in [9.17, 15) is 17.6 Å². The van der Waals surface area contributed by atoms with E-state index in [1.165, 1.54) is 48.0 Å². The van der Waals surface area contributed by atoms with Crippen molar-refractivity contribution in [2.45, 2.75) is 23.9 Å². The van der Waals surface area contributed by atoms with E-state index >= 15 is 0 Å². The predicted octanol–water partition coefficient (Wildman–Crippen LogP) is 3.54. The molecule has 0 aliphatic carbocycles. The van der Waals surface area contributed by atoms with Gasteiger partial charge in [-0.25, -0.2) is 12.8 Å². The Kier molecular flexibility index (Phi) is 8.30. The van der Waals surface area contributed by atoms with Gasteiger partial charge in [-0.3, -0.25) is 4.79 Å². The van der Waals surface area contributed by atoms with E-state index < -0.39 is 27.8 Å². The van der Waals surface area contributed by atoms with Crippen LogP contribution in [0.15, 0.2) is 53.4 Å². The van der Waals surface area contributed by atoms with Crippen molar-refractivity contribution in [1.29, 1.82) is 0 Å². The lowest BCUT2D eigenvalue weighted by atomic mass is 10.1. The fourth-order valence-electron chi connectivity index (χ4n) is 2.59. The van der Waals surface area contributed by atoms with E-state index in [0.29, 0.717) is 12.2 Å². The monoisotopic (exact) mass is 444 g/mol. The van der Waals surface area contributed by atoms with Gasteiger partial charge in [0.05, 0.1) is 4.90 Å². The van der Waals surface area contributed by atoms with Crippen molar-refractivity contribution in [3.63, 3.8) is 0 Å². The van der Waals surface area contributed by atoms with Gasteiger partial charge in [0.2, 0.25) is 15.9 Å². The first-order valence-electron chi connectivity index (χ1n) is 8.50. The zero-order valence-corrected chi connectivity index (χ0v) is 18.0. The van der Waals surface area contributed by atoms with Crippen molar-refractivity contribution in [3.8, 4) is 0 Å². The second-order valence-electron chi connectivity index (χ2n) is 6.16. The summed E-state index contributed by atoms with van der Waals surface area (Å²) in [5.41, 5.74) is 0.189. The maximum atomic E-state index is 14.0. The summed E-state index contributed by atoms with van der Waals surface area (Å²) in [6.07, 6.45) is 2.18. The van der Waals surface area contributed by atoms with Crippen LogP contribution >= 0.6 is 23.4 Å². The zero-order valence-electron chi connectivity index (χ0n) is 15.6. The van der Waals surface area contributed by atoms with Gasteiger partial charge in [-0.05, 0) is 42.7 Å². The Balaban J connectivity index is 2.20. The molecule has 5 nitrogen and oxygen atoms in total. The summed E-state index contributed by atoms with van der Waals surface area (Å²) >= 11 is 7.54. The van der Waals surface area contributed by atoms with Crippen LogP contribution in [0.2, 0.25) is 5.02 Å². The van der Waals surface area contributed by atoms with Gasteiger partial charge in [-0.15, -0.1) is 0 Å². The number of sulfonamides is 1.